The normalized spacial score (nSPS) is 22.0. The van der Waals surface area contributed by atoms with Crippen LogP contribution in [0.25, 0.3) is 0 Å². The summed E-state index contributed by atoms with van der Waals surface area (Å²) in [5.41, 5.74) is 0.544. The second-order valence-electron chi connectivity index (χ2n) is 7.55. The smallest absolute Gasteiger partial charge is 0.399 e. The SMILES string of the molecule is CC1(C)OB(c2cncc(NC(=O)C=CN3CCOCC3)c2)OC1(C)C. The van der Waals surface area contributed by atoms with Gasteiger partial charge in [-0.3, -0.25) is 9.78 Å². The summed E-state index contributed by atoms with van der Waals surface area (Å²) in [6.45, 7) is 11.0. The van der Waals surface area contributed by atoms with Crippen molar-refractivity contribution in [1.82, 2.24) is 9.88 Å². The summed E-state index contributed by atoms with van der Waals surface area (Å²) in [5, 5.41) is 2.83. The van der Waals surface area contributed by atoms with Gasteiger partial charge in [-0.25, -0.2) is 0 Å². The van der Waals surface area contributed by atoms with Gasteiger partial charge in [-0.2, -0.15) is 0 Å². The van der Waals surface area contributed by atoms with Crippen LogP contribution in [0.15, 0.2) is 30.7 Å². The van der Waals surface area contributed by atoms with Gasteiger partial charge in [0.15, 0.2) is 0 Å². The van der Waals surface area contributed by atoms with Gasteiger partial charge in [0.1, 0.15) is 0 Å². The van der Waals surface area contributed by atoms with Crippen LogP contribution in [0.3, 0.4) is 0 Å². The standard InChI is InChI=1S/C18H26BN3O4/c1-17(2)18(3,4)26-19(25-17)14-11-15(13-20-12-14)21-16(23)5-6-22-7-9-24-10-8-22/h5-6,11-13H,7-10H2,1-4H3,(H,21,23). The summed E-state index contributed by atoms with van der Waals surface area (Å²) < 4.78 is 17.3. The van der Waals surface area contributed by atoms with E-state index in [0.717, 1.165) is 18.6 Å². The average Bonchev–Trinajstić information content (AvgIpc) is 2.82. The monoisotopic (exact) mass is 359 g/mol. The molecule has 0 aliphatic carbocycles. The molecule has 26 heavy (non-hydrogen) atoms. The zero-order valence-electron chi connectivity index (χ0n) is 15.8. The molecule has 8 heteroatoms. The largest absolute Gasteiger partial charge is 0.496 e. The Bertz CT molecular complexity index is 671. The lowest BCUT2D eigenvalue weighted by molar-refractivity contribution is -0.112. The molecule has 0 atom stereocenters. The van der Waals surface area contributed by atoms with Crippen molar-refractivity contribution in [3.8, 4) is 0 Å². The Morgan fingerprint density at radius 3 is 2.50 bits per heavy atom. The van der Waals surface area contributed by atoms with Crippen molar-refractivity contribution in [1.29, 1.82) is 0 Å². The van der Waals surface area contributed by atoms with Crippen molar-refractivity contribution in [2.75, 3.05) is 31.6 Å². The van der Waals surface area contributed by atoms with Crippen LogP contribution in [0.5, 0.6) is 0 Å². The Balaban J connectivity index is 1.62. The lowest BCUT2D eigenvalue weighted by atomic mass is 9.80. The summed E-state index contributed by atoms with van der Waals surface area (Å²) >= 11 is 0. The molecule has 2 saturated heterocycles. The Labute approximate surface area is 154 Å². The third-order valence-corrected chi connectivity index (χ3v) is 5.03. The first kappa shape index (κ1) is 18.9. The van der Waals surface area contributed by atoms with Crippen molar-refractivity contribution >= 4 is 24.2 Å². The van der Waals surface area contributed by atoms with E-state index in [2.05, 4.69) is 15.2 Å². The van der Waals surface area contributed by atoms with Crippen molar-refractivity contribution in [2.45, 2.75) is 38.9 Å². The van der Waals surface area contributed by atoms with Crippen LogP contribution in [0.1, 0.15) is 27.7 Å². The second-order valence-corrected chi connectivity index (χ2v) is 7.55. The molecule has 7 nitrogen and oxygen atoms in total. The third-order valence-electron chi connectivity index (χ3n) is 5.03. The molecule has 0 unspecified atom stereocenters. The predicted molar refractivity (Wildman–Crippen MR) is 100 cm³/mol. The van der Waals surface area contributed by atoms with Gasteiger partial charge in [-0.15, -0.1) is 0 Å². The van der Waals surface area contributed by atoms with Gasteiger partial charge in [0, 0.05) is 37.0 Å². The topological polar surface area (TPSA) is 72.9 Å². The van der Waals surface area contributed by atoms with Crippen molar-refractivity contribution in [3.05, 3.63) is 30.7 Å². The van der Waals surface area contributed by atoms with Gasteiger partial charge < -0.3 is 24.3 Å². The highest BCUT2D eigenvalue weighted by molar-refractivity contribution is 6.62. The summed E-state index contributed by atoms with van der Waals surface area (Å²) in [6, 6.07) is 1.83. The van der Waals surface area contributed by atoms with Gasteiger partial charge in [0.25, 0.3) is 0 Å². The predicted octanol–water partition coefficient (Wildman–Crippen LogP) is 1.17. The number of rotatable bonds is 4. The van der Waals surface area contributed by atoms with E-state index in [1.807, 2.05) is 33.8 Å². The third kappa shape index (κ3) is 4.25. The van der Waals surface area contributed by atoms with Gasteiger partial charge >= 0.3 is 7.12 Å². The quantitative estimate of drug-likeness (QED) is 0.643. The minimum absolute atomic E-state index is 0.204. The van der Waals surface area contributed by atoms with E-state index in [1.165, 1.54) is 6.08 Å². The molecule has 3 rings (SSSR count). The molecule has 1 N–H and O–H groups in total. The number of ether oxygens (including phenoxy) is 1. The van der Waals surface area contributed by atoms with Gasteiger partial charge in [-0.1, -0.05) is 0 Å². The maximum atomic E-state index is 12.1. The molecule has 2 aliphatic heterocycles. The summed E-state index contributed by atoms with van der Waals surface area (Å²) in [6.07, 6.45) is 6.62. The van der Waals surface area contributed by atoms with Crippen LogP contribution >= 0.6 is 0 Å². The Hall–Kier alpha value is -1.90. The first-order valence-electron chi connectivity index (χ1n) is 8.88. The molecule has 0 bridgehead atoms. The summed E-state index contributed by atoms with van der Waals surface area (Å²) in [4.78, 5) is 18.4. The minimum Gasteiger partial charge on any atom is -0.399 e. The number of hydrogen-bond acceptors (Lipinski definition) is 6. The van der Waals surface area contributed by atoms with Crippen molar-refractivity contribution < 1.29 is 18.8 Å². The summed E-state index contributed by atoms with van der Waals surface area (Å²) in [7, 11) is -0.506. The molecule has 0 saturated carbocycles. The fourth-order valence-corrected chi connectivity index (χ4v) is 2.72. The Morgan fingerprint density at radius 2 is 1.85 bits per heavy atom. The number of amides is 1. The van der Waals surface area contributed by atoms with Crippen LogP contribution in [0, 0.1) is 0 Å². The fourth-order valence-electron chi connectivity index (χ4n) is 2.72. The molecule has 0 radical (unpaired) electrons. The van der Waals surface area contributed by atoms with E-state index in [-0.39, 0.29) is 5.91 Å². The number of pyridine rings is 1. The van der Waals surface area contributed by atoms with E-state index < -0.39 is 18.3 Å². The number of aromatic nitrogens is 1. The van der Waals surface area contributed by atoms with Gasteiger partial charge in [-0.05, 0) is 33.8 Å². The highest BCUT2D eigenvalue weighted by atomic mass is 16.7. The van der Waals surface area contributed by atoms with Crippen LogP contribution in [0.4, 0.5) is 5.69 Å². The van der Waals surface area contributed by atoms with E-state index in [1.54, 1.807) is 18.6 Å². The van der Waals surface area contributed by atoms with Crippen LogP contribution in [-0.4, -0.2) is 60.4 Å². The van der Waals surface area contributed by atoms with E-state index in [4.69, 9.17) is 14.0 Å². The summed E-state index contributed by atoms with van der Waals surface area (Å²) in [5.74, 6) is -0.204. The number of nitrogens with one attached hydrogen (secondary N) is 1. The zero-order chi connectivity index (χ0) is 18.8. The lowest BCUT2D eigenvalue weighted by Gasteiger charge is -2.32. The highest BCUT2D eigenvalue weighted by Gasteiger charge is 2.51. The molecule has 140 valence electrons. The zero-order valence-corrected chi connectivity index (χ0v) is 15.8. The number of carbonyl (C=O) groups is 1. The van der Waals surface area contributed by atoms with Crippen LogP contribution in [0.2, 0.25) is 0 Å². The van der Waals surface area contributed by atoms with Crippen LogP contribution in [-0.2, 0) is 18.8 Å². The molecular formula is C18H26BN3O4. The molecule has 0 spiro atoms. The Kier molecular flexibility index (Phi) is 5.36. The van der Waals surface area contributed by atoms with Crippen LogP contribution < -0.4 is 10.8 Å². The number of anilines is 1. The Morgan fingerprint density at radius 1 is 1.19 bits per heavy atom. The van der Waals surface area contributed by atoms with E-state index >= 15 is 0 Å². The first-order valence-corrected chi connectivity index (χ1v) is 8.88. The van der Waals surface area contributed by atoms with Gasteiger partial charge in [0.05, 0.1) is 36.3 Å². The number of carbonyl (C=O) groups excluding carboxylic acids is 1. The molecule has 2 fully saturated rings. The molecule has 3 heterocycles. The fraction of sp³-hybridized carbons (Fsp3) is 0.556. The number of nitrogens with zero attached hydrogens (tertiary/aromatic N) is 2. The first-order chi connectivity index (χ1) is 12.3. The molecule has 1 aromatic heterocycles. The molecular weight excluding hydrogens is 333 g/mol. The van der Waals surface area contributed by atoms with E-state index in [0.29, 0.717) is 18.9 Å². The maximum Gasteiger partial charge on any atom is 0.496 e. The van der Waals surface area contributed by atoms with Crippen molar-refractivity contribution in [3.63, 3.8) is 0 Å². The van der Waals surface area contributed by atoms with Crippen molar-refractivity contribution in [2.24, 2.45) is 0 Å². The minimum atomic E-state index is -0.506. The molecule has 2 aliphatic rings. The number of morpholine rings is 1. The second kappa shape index (κ2) is 7.38. The molecule has 1 amide bonds. The average molecular weight is 359 g/mol. The van der Waals surface area contributed by atoms with Gasteiger partial charge in [0.2, 0.25) is 5.91 Å². The molecule has 1 aromatic rings. The lowest BCUT2D eigenvalue weighted by Crippen LogP contribution is -2.41. The maximum absolute atomic E-state index is 12.1. The molecule has 0 aromatic carbocycles. The number of hydrogen-bond donors (Lipinski definition) is 1. The highest BCUT2D eigenvalue weighted by Crippen LogP contribution is 2.36. The van der Waals surface area contributed by atoms with E-state index in [9.17, 15) is 4.79 Å².